The zero-order chi connectivity index (χ0) is 22.2. The number of aromatic amines is 1. The van der Waals surface area contributed by atoms with Crippen LogP contribution in [0.1, 0.15) is 6.42 Å². The molecule has 1 aliphatic heterocycles. The Hall–Kier alpha value is -4.60. The summed E-state index contributed by atoms with van der Waals surface area (Å²) in [6.07, 6.45) is 2.98. The first-order valence-electron chi connectivity index (χ1n) is 9.66. The maximum atomic E-state index is 13.1. The SMILES string of the molecule is COc1cccc(-c2cc(-c3cccnc3)nc3nc(N4NC(=O)CC4=O)[nH]c(=O)c23)c1. The van der Waals surface area contributed by atoms with E-state index in [1.54, 1.807) is 43.8 Å². The number of aromatic nitrogens is 4. The molecule has 0 bridgehead atoms. The molecule has 10 heteroatoms. The van der Waals surface area contributed by atoms with Gasteiger partial charge in [0.05, 0.1) is 18.2 Å². The predicted octanol–water partition coefficient (Wildman–Crippen LogP) is 1.82. The number of methoxy groups -OCH3 is 1. The highest BCUT2D eigenvalue weighted by Crippen LogP contribution is 2.32. The summed E-state index contributed by atoms with van der Waals surface area (Å²) in [7, 11) is 1.56. The minimum absolute atomic E-state index is 0.106. The second kappa shape index (κ2) is 7.58. The third kappa shape index (κ3) is 3.33. The topological polar surface area (TPSA) is 130 Å². The third-order valence-corrected chi connectivity index (χ3v) is 5.01. The van der Waals surface area contributed by atoms with Crippen molar-refractivity contribution >= 4 is 28.8 Å². The van der Waals surface area contributed by atoms with Gasteiger partial charge in [0.1, 0.15) is 12.2 Å². The molecular formula is C22H16N6O4. The third-order valence-electron chi connectivity index (χ3n) is 5.01. The predicted molar refractivity (Wildman–Crippen MR) is 116 cm³/mol. The number of hydrogen-bond donors (Lipinski definition) is 2. The van der Waals surface area contributed by atoms with Crippen LogP contribution in [0.5, 0.6) is 5.75 Å². The Morgan fingerprint density at radius 3 is 2.59 bits per heavy atom. The highest BCUT2D eigenvalue weighted by atomic mass is 16.5. The fourth-order valence-electron chi connectivity index (χ4n) is 3.53. The number of pyridine rings is 2. The minimum atomic E-state index is -0.520. The average Bonchev–Trinajstić information content (AvgIpc) is 3.16. The molecule has 10 nitrogen and oxygen atoms in total. The van der Waals surface area contributed by atoms with Crippen LogP contribution in [0, 0.1) is 0 Å². The molecule has 1 aliphatic rings. The lowest BCUT2D eigenvalue weighted by atomic mass is 10.0. The summed E-state index contributed by atoms with van der Waals surface area (Å²) in [4.78, 5) is 52.5. The standard InChI is InChI=1S/C22H16N6O4/c1-32-14-6-2-4-12(8-14)15-9-16(13-5-3-7-23-11-13)24-20-19(15)21(31)26-22(25-20)28-18(30)10-17(29)27-28/h2-9,11H,10H2,1H3,(H,27,29)(H,24,25,26,31). The Bertz CT molecular complexity index is 1430. The molecular weight excluding hydrogens is 412 g/mol. The number of rotatable bonds is 4. The van der Waals surface area contributed by atoms with Gasteiger partial charge in [-0.2, -0.15) is 9.99 Å². The fraction of sp³-hybridized carbons (Fsp3) is 0.0909. The smallest absolute Gasteiger partial charge is 0.262 e. The van der Waals surface area contributed by atoms with E-state index >= 15 is 0 Å². The van der Waals surface area contributed by atoms with Crippen LogP contribution >= 0.6 is 0 Å². The van der Waals surface area contributed by atoms with Gasteiger partial charge in [-0.15, -0.1) is 0 Å². The number of anilines is 1. The number of hydrazine groups is 1. The number of amides is 2. The van der Waals surface area contributed by atoms with E-state index in [9.17, 15) is 14.4 Å². The Kier molecular flexibility index (Phi) is 4.59. The molecule has 0 unspecified atom stereocenters. The fourth-order valence-corrected chi connectivity index (χ4v) is 3.53. The van der Waals surface area contributed by atoms with Gasteiger partial charge >= 0.3 is 0 Å². The molecule has 2 amide bonds. The van der Waals surface area contributed by atoms with E-state index in [4.69, 9.17) is 4.74 Å². The van der Waals surface area contributed by atoms with Crippen LogP contribution in [0.2, 0.25) is 0 Å². The van der Waals surface area contributed by atoms with Crippen LogP contribution in [-0.4, -0.2) is 38.9 Å². The van der Waals surface area contributed by atoms with Crippen LogP contribution < -0.4 is 20.7 Å². The molecule has 158 valence electrons. The zero-order valence-corrected chi connectivity index (χ0v) is 16.8. The lowest BCUT2D eigenvalue weighted by Gasteiger charge is -2.15. The molecule has 0 radical (unpaired) electrons. The van der Waals surface area contributed by atoms with Crippen molar-refractivity contribution in [3.63, 3.8) is 0 Å². The van der Waals surface area contributed by atoms with Gasteiger partial charge in [0.25, 0.3) is 11.5 Å². The van der Waals surface area contributed by atoms with Gasteiger partial charge in [0.2, 0.25) is 11.9 Å². The number of carbonyl (C=O) groups excluding carboxylic acids is 2. The monoisotopic (exact) mass is 428 g/mol. The van der Waals surface area contributed by atoms with Gasteiger partial charge in [0.15, 0.2) is 5.65 Å². The summed E-state index contributed by atoms with van der Waals surface area (Å²) in [6.45, 7) is 0. The zero-order valence-electron chi connectivity index (χ0n) is 16.8. The first-order chi connectivity index (χ1) is 15.5. The van der Waals surface area contributed by atoms with E-state index in [1.165, 1.54) is 0 Å². The van der Waals surface area contributed by atoms with Crippen molar-refractivity contribution < 1.29 is 14.3 Å². The van der Waals surface area contributed by atoms with Crippen LogP contribution in [0.15, 0.2) is 59.7 Å². The molecule has 1 aromatic carbocycles. The van der Waals surface area contributed by atoms with Gasteiger partial charge in [-0.25, -0.2) is 4.98 Å². The van der Waals surface area contributed by atoms with Crippen LogP contribution in [0.3, 0.4) is 0 Å². The molecule has 5 rings (SSSR count). The van der Waals surface area contributed by atoms with Crippen LogP contribution in [-0.2, 0) is 9.59 Å². The number of nitrogens with zero attached hydrogens (tertiary/aromatic N) is 4. The van der Waals surface area contributed by atoms with E-state index in [1.807, 2.05) is 18.2 Å². The highest BCUT2D eigenvalue weighted by molar-refractivity contribution is 6.11. The van der Waals surface area contributed by atoms with E-state index in [-0.39, 0.29) is 23.4 Å². The lowest BCUT2D eigenvalue weighted by Crippen LogP contribution is -2.38. The van der Waals surface area contributed by atoms with E-state index in [0.29, 0.717) is 17.0 Å². The Morgan fingerprint density at radius 1 is 1.03 bits per heavy atom. The first kappa shape index (κ1) is 19.4. The Balaban J connectivity index is 1.78. The summed E-state index contributed by atoms with van der Waals surface area (Å²) >= 11 is 0. The number of hydrogen-bond acceptors (Lipinski definition) is 7. The number of fused-ring (bicyclic) bond motifs is 1. The molecule has 0 spiro atoms. The largest absolute Gasteiger partial charge is 0.497 e. The van der Waals surface area contributed by atoms with Crippen molar-refractivity contribution in [1.29, 1.82) is 0 Å². The molecule has 1 fully saturated rings. The maximum Gasteiger partial charge on any atom is 0.262 e. The van der Waals surface area contributed by atoms with Gasteiger partial charge in [-0.3, -0.25) is 29.8 Å². The molecule has 3 aromatic heterocycles. The second-order valence-electron chi connectivity index (χ2n) is 7.06. The number of carbonyl (C=O) groups is 2. The lowest BCUT2D eigenvalue weighted by molar-refractivity contribution is -0.122. The highest BCUT2D eigenvalue weighted by Gasteiger charge is 2.30. The first-order valence-corrected chi connectivity index (χ1v) is 9.66. The van der Waals surface area contributed by atoms with Crippen molar-refractivity contribution in [2.45, 2.75) is 6.42 Å². The molecule has 4 heterocycles. The molecule has 0 saturated carbocycles. The molecule has 2 N–H and O–H groups in total. The normalized spacial score (nSPS) is 13.5. The Labute approximate surface area is 180 Å². The Morgan fingerprint density at radius 2 is 1.88 bits per heavy atom. The van der Waals surface area contributed by atoms with Crippen LogP contribution in [0.25, 0.3) is 33.4 Å². The van der Waals surface area contributed by atoms with Gasteiger partial charge in [-0.1, -0.05) is 12.1 Å². The summed E-state index contributed by atoms with van der Waals surface area (Å²) in [5.41, 5.74) is 4.59. The van der Waals surface area contributed by atoms with Crippen molar-refractivity contribution in [3.05, 3.63) is 65.2 Å². The molecule has 0 atom stereocenters. The van der Waals surface area contributed by atoms with E-state index in [2.05, 4.69) is 25.4 Å². The number of H-pyrrole nitrogens is 1. The minimum Gasteiger partial charge on any atom is -0.497 e. The van der Waals surface area contributed by atoms with Crippen molar-refractivity contribution in [2.24, 2.45) is 0 Å². The van der Waals surface area contributed by atoms with Gasteiger partial charge in [0, 0.05) is 23.5 Å². The van der Waals surface area contributed by atoms with Crippen molar-refractivity contribution in [2.75, 3.05) is 12.1 Å². The molecule has 1 saturated heterocycles. The van der Waals surface area contributed by atoms with E-state index in [0.717, 1.165) is 16.1 Å². The number of nitrogens with one attached hydrogen (secondary N) is 2. The quantitative estimate of drug-likeness (QED) is 0.474. The summed E-state index contributed by atoms with van der Waals surface area (Å²) in [5, 5.41) is 1.17. The van der Waals surface area contributed by atoms with Crippen molar-refractivity contribution in [3.8, 4) is 28.1 Å². The van der Waals surface area contributed by atoms with E-state index < -0.39 is 17.4 Å². The summed E-state index contributed by atoms with van der Waals surface area (Å²) in [6, 6.07) is 12.7. The molecule has 32 heavy (non-hydrogen) atoms. The number of benzene rings is 1. The molecule has 4 aromatic rings. The number of ether oxygens (including phenoxy) is 1. The summed E-state index contributed by atoms with van der Waals surface area (Å²) in [5.74, 6) is -0.478. The molecule has 0 aliphatic carbocycles. The van der Waals surface area contributed by atoms with Crippen LogP contribution in [0.4, 0.5) is 5.95 Å². The second-order valence-corrected chi connectivity index (χ2v) is 7.06. The van der Waals surface area contributed by atoms with Gasteiger partial charge in [-0.05, 0) is 35.9 Å². The maximum absolute atomic E-state index is 13.1. The summed E-state index contributed by atoms with van der Waals surface area (Å²) < 4.78 is 5.33. The van der Waals surface area contributed by atoms with Gasteiger partial charge < -0.3 is 4.74 Å². The average molecular weight is 428 g/mol. The van der Waals surface area contributed by atoms with Crippen molar-refractivity contribution in [1.82, 2.24) is 25.4 Å².